The van der Waals surface area contributed by atoms with Gasteiger partial charge in [0, 0.05) is 88.4 Å². The minimum absolute atomic E-state index is 0.0585. The molecule has 2 aromatic rings. The third-order valence-corrected chi connectivity index (χ3v) is 11.6. The van der Waals surface area contributed by atoms with Gasteiger partial charge in [-0.1, -0.05) is 6.08 Å². The van der Waals surface area contributed by atoms with Crippen molar-refractivity contribution in [1.29, 1.82) is 0 Å². The number of unbranched alkanes of at least 4 members (excludes halogenated alkanes) is 2. The summed E-state index contributed by atoms with van der Waals surface area (Å²) in [6, 6.07) is 8.79. The fourth-order valence-electron chi connectivity index (χ4n) is 7.13. The molecule has 2 aliphatic heterocycles. The lowest BCUT2D eigenvalue weighted by molar-refractivity contribution is -0.438. The lowest BCUT2D eigenvalue weighted by Gasteiger charge is -2.30. The maximum Gasteiger partial charge on any atom is 0.303 e. The highest BCUT2D eigenvalue weighted by atomic mass is 32.2. The zero-order chi connectivity index (χ0) is 37.6. The lowest BCUT2D eigenvalue weighted by Crippen LogP contribution is -2.33. The van der Waals surface area contributed by atoms with E-state index in [4.69, 9.17) is 19.3 Å². The first-order chi connectivity index (χ1) is 24.0. The van der Waals surface area contributed by atoms with Crippen molar-refractivity contribution < 1.29 is 54.6 Å². The molecule has 0 bridgehead atoms. The first-order valence-electron chi connectivity index (χ1n) is 16.7. The van der Waals surface area contributed by atoms with Crippen molar-refractivity contribution in [3.05, 3.63) is 71.5 Å². The fraction of sp³-hybridized carbons (Fsp3) is 0.500. The Morgan fingerprint density at radius 3 is 2.02 bits per heavy atom. The van der Waals surface area contributed by atoms with E-state index >= 15 is 0 Å². The van der Waals surface area contributed by atoms with Crippen LogP contribution < -0.4 is 4.90 Å². The van der Waals surface area contributed by atoms with Crippen LogP contribution in [0.1, 0.15) is 63.5 Å². The highest BCUT2D eigenvalue weighted by Gasteiger charge is 2.48. The van der Waals surface area contributed by atoms with Crippen LogP contribution in [0.25, 0.3) is 0 Å². The molecule has 0 amide bonds. The van der Waals surface area contributed by atoms with E-state index < -0.39 is 37.0 Å². The lowest BCUT2D eigenvalue weighted by atomic mass is 9.76. The van der Waals surface area contributed by atoms with Gasteiger partial charge in [0.25, 0.3) is 0 Å². The molecule has 0 aliphatic carbocycles. The van der Waals surface area contributed by atoms with Crippen LogP contribution >= 0.6 is 0 Å². The van der Waals surface area contributed by atoms with E-state index in [2.05, 4.69) is 4.58 Å². The van der Waals surface area contributed by atoms with E-state index in [-0.39, 0.29) is 16.2 Å². The van der Waals surface area contributed by atoms with E-state index in [1.165, 1.54) is 24.3 Å². The smallest absolute Gasteiger partial charge is 0.303 e. The summed E-state index contributed by atoms with van der Waals surface area (Å²) >= 11 is 0. The van der Waals surface area contributed by atoms with Gasteiger partial charge in [0.1, 0.15) is 26.8 Å². The van der Waals surface area contributed by atoms with Crippen molar-refractivity contribution in [1.82, 2.24) is 0 Å². The van der Waals surface area contributed by atoms with Crippen molar-refractivity contribution in [3.63, 3.8) is 0 Å². The summed E-state index contributed by atoms with van der Waals surface area (Å²) in [5.41, 5.74) is 2.98. The third-order valence-electron chi connectivity index (χ3n) is 9.91. The minimum atomic E-state index is -4.74. The normalized spacial score (nSPS) is 21.2. The van der Waals surface area contributed by atoms with Crippen LogP contribution in [0.3, 0.4) is 0 Å². The van der Waals surface area contributed by atoms with Crippen LogP contribution in [0.15, 0.2) is 70.1 Å². The highest BCUT2D eigenvalue weighted by molar-refractivity contribution is 7.86. The first kappa shape index (κ1) is 40.3. The largest absolute Gasteiger partial charge is 0.744 e. The van der Waals surface area contributed by atoms with Crippen LogP contribution in [0.5, 0.6) is 0 Å². The van der Waals surface area contributed by atoms with Crippen molar-refractivity contribution >= 4 is 43.3 Å². The summed E-state index contributed by atoms with van der Waals surface area (Å²) in [5.74, 6) is -0.861. The number of benzene rings is 2. The van der Waals surface area contributed by atoms with Gasteiger partial charge in [0.15, 0.2) is 5.71 Å². The number of carboxylic acids is 1. The summed E-state index contributed by atoms with van der Waals surface area (Å²) in [4.78, 5) is 12.5. The number of aliphatic carboxylic acids is 1. The average Bonchev–Trinajstić information content (AvgIpc) is 3.44. The number of hydrogen-bond acceptors (Lipinski definition) is 11. The molecule has 1 N–H and O–H groups in total. The van der Waals surface area contributed by atoms with E-state index in [0.29, 0.717) is 76.1 Å². The Bertz CT molecular complexity index is 1920. The molecule has 0 spiro atoms. The van der Waals surface area contributed by atoms with Crippen LogP contribution in [0.4, 0.5) is 11.4 Å². The van der Waals surface area contributed by atoms with E-state index in [0.717, 1.165) is 22.8 Å². The van der Waals surface area contributed by atoms with Crippen molar-refractivity contribution in [2.45, 2.75) is 73.0 Å². The standard InChI is InChI=1S/C36H48N2O11S2/c1-35(17-21-47-3)28-24-26(50(41,42)43)13-15-30(28)37(19-8-6-7-12-34(39)40)32(35)10-9-11-33-36(2,18-22-48-4)29-25-27(51(44,45)46)14-16-31(29)38(33)20-23-49-5/h9-11,13-16,24-25H,6-8,12,17-23H2,1-5H3,(H2-,39,40,41,42,43,44,45,46)/p-1. The number of carboxylic acid groups (broad SMARTS) is 1. The summed E-state index contributed by atoms with van der Waals surface area (Å²) < 4.78 is 90.9. The number of anilines is 1. The van der Waals surface area contributed by atoms with Gasteiger partial charge in [0.05, 0.1) is 21.8 Å². The Labute approximate surface area is 300 Å². The molecule has 2 aromatic carbocycles. The predicted octanol–water partition coefficient (Wildman–Crippen LogP) is 4.43. The first-order valence-corrected chi connectivity index (χ1v) is 19.6. The maximum absolute atomic E-state index is 12.1. The van der Waals surface area contributed by atoms with Crippen LogP contribution in [0.2, 0.25) is 0 Å². The van der Waals surface area contributed by atoms with E-state index in [9.17, 15) is 30.7 Å². The van der Waals surface area contributed by atoms with E-state index in [1.807, 2.05) is 37.0 Å². The van der Waals surface area contributed by atoms with Gasteiger partial charge in [-0.3, -0.25) is 4.79 Å². The summed E-state index contributed by atoms with van der Waals surface area (Å²) in [6.07, 6.45) is 8.62. The molecule has 4 rings (SSSR count). The minimum Gasteiger partial charge on any atom is -0.744 e. The molecular weight excluding hydrogens is 701 g/mol. The van der Waals surface area contributed by atoms with Crippen LogP contribution in [-0.2, 0) is 50.1 Å². The van der Waals surface area contributed by atoms with E-state index in [1.54, 1.807) is 33.5 Å². The summed E-state index contributed by atoms with van der Waals surface area (Å²) in [5, 5.41) is 9.11. The molecule has 2 unspecified atom stereocenters. The Balaban J connectivity index is 1.88. The van der Waals surface area contributed by atoms with Crippen LogP contribution in [-0.4, -0.2) is 102 Å². The second kappa shape index (κ2) is 16.5. The van der Waals surface area contributed by atoms with Crippen LogP contribution in [0, 0.1) is 0 Å². The zero-order valence-corrected chi connectivity index (χ0v) is 31.3. The molecule has 13 nitrogen and oxygen atoms in total. The maximum atomic E-state index is 12.1. The number of allylic oxidation sites excluding steroid dienone is 4. The third kappa shape index (κ3) is 8.79. The number of hydrogen-bond donors (Lipinski definition) is 1. The Morgan fingerprint density at radius 1 is 0.843 bits per heavy atom. The van der Waals surface area contributed by atoms with Gasteiger partial charge in [-0.05, 0) is 81.5 Å². The second-order valence-electron chi connectivity index (χ2n) is 13.2. The highest BCUT2D eigenvalue weighted by Crippen LogP contribution is 2.51. The zero-order valence-electron chi connectivity index (χ0n) is 29.7. The van der Waals surface area contributed by atoms with Crippen molar-refractivity contribution in [3.8, 4) is 0 Å². The molecule has 0 saturated heterocycles. The molecule has 0 aromatic heterocycles. The average molecular weight is 748 g/mol. The molecule has 0 fully saturated rings. The molecule has 0 radical (unpaired) electrons. The molecule has 15 heteroatoms. The quantitative estimate of drug-likeness (QED) is 0.121. The fourth-order valence-corrected chi connectivity index (χ4v) is 8.12. The Hall–Kier alpha value is -3.44. The number of nitrogens with zero attached hydrogens (tertiary/aromatic N) is 2. The molecule has 51 heavy (non-hydrogen) atoms. The molecule has 2 heterocycles. The Kier molecular flexibility index (Phi) is 13.0. The van der Waals surface area contributed by atoms with Gasteiger partial charge < -0.3 is 33.3 Å². The number of ether oxygens (including phenoxy) is 3. The number of fused-ring (bicyclic) bond motifs is 2. The Morgan fingerprint density at radius 2 is 1.43 bits per heavy atom. The molecular formula is C36H47N2O11S2-. The van der Waals surface area contributed by atoms with Gasteiger partial charge in [0.2, 0.25) is 5.69 Å². The second-order valence-corrected chi connectivity index (χ2v) is 16.0. The number of methoxy groups -OCH3 is 3. The summed E-state index contributed by atoms with van der Waals surface area (Å²) in [6.45, 7) is 5.98. The van der Waals surface area contributed by atoms with Gasteiger partial charge in [-0.2, -0.15) is 4.58 Å². The molecule has 280 valence electrons. The monoisotopic (exact) mass is 747 g/mol. The number of carbonyl (C=O) groups is 1. The van der Waals surface area contributed by atoms with Crippen molar-refractivity contribution in [2.75, 3.05) is 59.1 Å². The topological polar surface area (TPSA) is 186 Å². The molecule has 0 saturated carbocycles. The van der Waals surface area contributed by atoms with Gasteiger partial charge in [-0.15, -0.1) is 0 Å². The van der Waals surface area contributed by atoms with Crippen molar-refractivity contribution in [2.24, 2.45) is 0 Å². The molecule has 2 aliphatic rings. The van der Waals surface area contributed by atoms with Gasteiger partial charge >= 0.3 is 5.97 Å². The predicted molar refractivity (Wildman–Crippen MR) is 189 cm³/mol. The summed E-state index contributed by atoms with van der Waals surface area (Å²) in [7, 11) is -4.71. The number of rotatable bonds is 19. The van der Waals surface area contributed by atoms with Gasteiger partial charge in [-0.25, -0.2) is 16.8 Å². The SMILES string of the molecule is COCCN1/C(=C/C=C/C2=[N+](CCCCCC(=O)O)c3ccc(S(=O)(=O)[O-])cc3C2(C)CCOC)C(C)(CCOC)c2cc(S(=O)(=O)[O-])ccc21. The molecule has 2 atom stereocenters.